The van der Waals surface area contributed by atoms with Gasteiger partial charge in [0.15, 0.2) is 5.65 Å². The zero-order valence-electron chi connectivity index (χ0n) is 14.8. The Labute approximate surface area is 147 Å². The Morgan fingerprint density at radius 3 is 2.64 bits per heavy atom. The van der Waals surface area contributed by atoms with E-state index in [1.807, 2.05) is 44.3 Å². The number of nitrogens with zero attached hydrogens (tertiary/aromatic N) is 3. The molecule has 5 heteroatoms. The lowest BCUT2D eigenvalue weighted by molar-refractivity contribution is 0.102. The van der Waals surface area contributed by atoms with E-state index in [1.54, 1.807) is 4.68 Å². The van der Waals surface area contributed by atoms with Crippen molar-refractivity contribution in [3.05, 3.63) is 52.8 Å². The number of nitrogens with one attached hydrogen (secondary N) is 1. The Balaban J connectivity index is 1.74. The molecule has 1 aliphatic rings. The van der Waals surface area contributed by atoms with Gasteiger partial charge in [-0.1, -0.05) is 19.1 Å². The van der Waals surface area contributed by atoms with Crippen molar-refractivity contribution >= 4 is 22.6 Å². The Morgan fingerprint density at radius 2 is 2.00 bits per heavy atom. The first-order valence-electron chi connectivity index (χ1n) is 8.81. The van der Waals surface area contributed by atoms with Crippen LogP contribution in [0.15, 0.2) is 30.3 Å². The van der Waals surface area contributed by atoms with Gasteiger partial charge >= 0.3 is 0 Å². The van der Waals surface area contributed by atoms with Crippen LogP contribution >= 0.6 is 0 Å². The van der Waals surface area contributed by atoms with E-state index in [0.29, 0.717) is 11.5 Å². The van der Waals surface area contributed by atoms with Crippen LogP contribution in [-0.4, -0.2) is 20.7 Å². The first-order chi connectivity index (χ1) is 12.1. The molecule has 0 unspecified atom stereocenters. The van der Waals surface area contributed by atoms with Crippen LogP contribution in [0.2, 0.25) is 0 Å². The maximum Gasteiger partial charge on any atom is 0.256 e. The number of pyridine rings is 1. The third-order valence-electron chi connectivity index (χ3n) is 4.85. The van der Waals surface area contributed by atoms with Crippen molar-refractivity contribution < 1.29 is 4.79 Å². The van der Waals surface area contributed by atoms with Gasteiger partial charge in [-0.25, -0.2) is 4.98 Å². The lowest BCUT2D eigenvalue weighted by Gasteiger charge is -2.09. The summed E-state index contributed by atoms with van der Waals surface area (Å²) in [6.07, 6.45) is 3.28. The van der Waals surface area contributed by atoms with Crippen molar-refractivity contribution in [3.63, 3.8) is 0 Å². The van der Waals surface area contributed by atoms with E-state index in [-0.39, 0.29) is 5.91 Å². The van der Waals surface area contributed by atoms with E-state index >= 15 is 0 Å². The summed E-state index contributed by atoms with van der Waals surface area (Å²) in [6, 6.07) is 9.94. The molecule has 0 spiro atoms. The van der Waals surface area contributed by atoms with Crippen molar-refractivity contribution in [2.45, 2.75) is 39.0 Å². The first-order valence-corrected chi connectivity index (χ1v) is 8.81. The maximum absolute atomic E-state index is 13.0. The van der Waals surface area contributed by atoms with Gasteiger partial charge in [-0.05, 0) is 49.9 Å². The number of hydrogen-bond acceptors (Lipinski definition) is 3. The van der Waals surface area contributed by atoms with Crippen molar-refractivity contribution in [3.8, 4) is 0 Å². The van der Waals surface area contributed by atoms with Crippen LogP contribution in [0.1, 0.15) is 53.0 Å². The van der Waals surface area contributed by atoms with E-state index in [1.165, 1.54) is 5.56 Å². The zero-order valence-corrected chi connectivity index (χ0v) is 14.8. The fourth-order valence-electron chi connectivity index (χ4n) is 3.25. The third-order valence-corrected chi connectivity index (χ3v) is 4.85. The SMILES string of the molecule is CCc1ccc(NC(=O)c2cc(C3CC3)nc3c2c(C)nn3C)cc1. The average Bonchev–Trinajstić information content (AvgIpc) is 3.42. The molecule has 1 aliphatic carbocycles. The first kappa shape index (κ1) is 15.8. The highest BCUT2D eigenvalue weighted by Crippen LogP contribution is 2.40. The molecule has 0 saturated heterocycles. The molecular weight excluding hydrogens is 312 g/mol. The summed E-state index contributed by atoms with van der Waals surface area (Å²) < 4.78 is 1.77. The van der Waals surface area contributed by atoms with Crippen LogP contribution in [-0.2, 0) is 13.5 Å². The summed E-state index contributed by atoms with van der Waals surface area (Å²) in [5.74, 6) is 0.379. The summed E-state index contributed by atoms with van der Waals surface area (Å²) in [4.78, 5) is 17.7. The number of rotatable bonds is 4. The van der Waals surface area contributed by atoms with Gasteiger partial charge < -0.3 is 5.32 Å². The number of aromatic nitrogens is 3. The number of anilines is 1. The zero-order chi connectivity index (χ0) is 17.6. The molecule has 2 heterocycles. The summed E-state index contributed by atoms with van der Waals surface area (Å²) >= 11 is 0. The fourth-order valence-corrected chi connectivity index (χ4v) is 3.25. The van der Waals surface area contributed by atoms with Crippen LogP contribution in [0, 0.1) is 6.92 Å². The summed E-state index contributed by atoms with van der Waals surface area (Å²) in [5.41, 5.74) is 5.34. The lowest BCUT2D eigenvalue weighted by atomic mass is 10.1. The molecule has 0 bridgehead atoms. The molecule has 0 aliphatic heterocycles. The van der Waals surface area contributed by atoms with Crippen molar-refractivity contribution in [2.24, 2.45) is 7.05 Å². The normalized spacial score (nSPS) is 14.0. The van der Waals surface area contributed by atoms with Crippen LogP contribution < -0.4 is 5.32 Å². The Morgan fingerprint density at radius 1 is 1.28 bits per heavy atom. The molecule has 0 radical (unpaired) electrons. The van der Waals surface area contributed by atoms with Crippen LogP contribution in [0.5, 0.6) is 0 Å². The summed E-state index contributed by atoms with van der Waals surface area (Å²) in [5, 5.41) is 8.32. The average molecular weight is 334 g/mol. The maximum atomic E-state index is 13.0. The molecule has 5 nitrogen and oxygen atoms in total. The van der Waals surface area contributed by atoms with Gasteiger partial charge in [0.05, 0.1) is 16.6 Å². The number of carbonyl (C=O) groups is 1. The minimum Gasteiger partial charge on any atom is -0.322 e. The monoisotopic (exact) mass is 334 g/mol. The Kier molecular flexibility index (Phi) is 3.79. The summed E-state index contributed by atoms with van der Waals surface area (Å²) in [7, 11) is 1.88. The van der Waals surface area contributed by atoms with Gasteiger partial charge in [0, 0.05) is 24.3 Å². The molecule has 1 N–H and O–H groups in total. The topological polar surface area (TPSA) is 59.8 Å². The molecule has 0 atom stereocenters. The molecule has 1 amide bonds. The molecule has 1 aromatic carbocycles. The Bertz CT molecular complexity index is 952. The van der Waals surface area contributed by atoms with E-state index in [4.69, 9.17) is 4.98 Å². The van der Waals surface area contributed by atoms with Gasteiger partial charge in [0.25, 0.3) is 5.91 Å². The van der Waals surface area contributed by atoms with Gasteiger partial charge in [-0.15, -0.1) is 0 Å². The summed E-state index contributed by atoms with van der Waals surface area (Å²) in [6.45, 7) is 4.04. The highest BCUT2D eigenvalue weighted by Gasteiger charge is 2.28. The van der Waals surface area contributed by atoms with E-state index in [0.717, 1.165) is 47.4 Å². The number of amides is 1. The molecule has 2 aromatic heterocycles. The third kappa shape index (κ3) is 2.90. The molecule has 25 heavy (non-hydrogen) atoms. The van der Waals surface area contributed by atoms with Crippen LogP contribution in [0.25, 0.3) is 11.0 Å². The minimum absolute atomic E-state index is 0.102. The second kappa shape index (κ2) is 5.99. The molecular formula is C20H22N4O. The molecule has 1 fully saturated rings. The highest BCUT2D eigenvalue weighted by molar-refractivity contribution is 6.12. The molecule has 3 aromatic rings. The number of fused-ring (bicyclic) bond motifs is 1. The largest absolute Gasteiger partial charge is 0.322 e. The quantitative estimate of drug-likeness (QED) is 0.785. The van der Waals surface area contributed by atoms with Crippen LogP contribution in [0.3, 0.4) is 0 Å². The second-order valence-electron chi connectivity index (χ2n) is 6.78. The standard InChI is InChI=1S/C20H22N4O/c1-4-13-5-9-15(10-6-13)21-20(25)16-11-17(14-7-8-14)22-19-18(16)12(2)23-24(19)3/h5-6,9-11,14H,4,7-8H2,1-3H3,(H,21,25). The number of hydrogen-bond donors (Lipinski definition) is 1. The predicted molar refractivity (Wildman–Crippen MR) is 99.0 cm³/mol. The van der Waals surface area contributed by atoms with Crippen molar-refractivity contribution in [1.82, 2.24) is 14.8 Å². The fraction of sp³-hybridized carbons (Fsp3) is 0.350. The van der Waals surface area contributed by atoms with Gasteiger partial charge in [-0.2, -0.15) is 5.10 Å². The van der Waals surface area contributed by atoms with Crippen molar-refractivity contribution in [2.75, 3.05) is 5.32 Å². The van der Waals surface area contributed by atoms with Gasteiger partial charge in [0.1, 0.15) is 0 Å². The number of carbonyl (C=O) groups excluding carboxylic acids is 1. The number of aryl methyl sites for hydroxylation is 3. The molecule has 128 valence electrons. The van der Waals surface area contributed by atoms with E-state index in [9.17, 15) is 4.79 Å². The van der Waals surface area contributed by atoms with Crippen LogP contribution in [0.4, 0.5) is 5.69 Å². The predicted octanol–water partition coefficient (Wildman–Crippen LogP) is 3.97. The van der Waals surface area contributed by atoms with Gasteiger partial charge in [0.2, 0.25) is 0 Å². The second-order valence-corrected chi connectivity index (χ2v) is 6.78. The lowest BCUT2D eigenvalue weighted by Crippen LogP contribution is -2.13. The van der Waals surface area contributed by atoms with Gasteiger partial charge in [-0.3, -0.25) is 9.48 Å². The highest BCUT2D eigenvalue weighted by atomic mass is 16.1. The Hall–Kier alpha value is -2.69. The smallest absolute Gasteiger partial charge is 0.256 e. The van der Waals surface area contributed by atoms with Crippen molar-refractivity contribution in [1.29, 1.82) is 0 Å². The molecule has 1 saturated carbocycles. The number of benzene rings is 1. The molecule has 4 rings (SSSR count). The van der Waals surface area contributed by atoms with E-state index in [2.05, 4.69) is 17.3 Å². The minimum atomic E-state index is -0.102. The van der Waals surface area contributed by atoms with E-state index < -0.39 is 0 Å².